The summed E-state index contributed by atoms with van der Waals surface area (Å²) in [6, 6.07) is 8.41. The van der Waals surface area contributed by atoms with Crippen molar-refractivity contribution in [2.24, 2.45) is 12.8 Å². The highest BCUT2D eigenvalue weighted by Crippen LogP contribution is 2.41. The van der Waals surface area contributed by atoms with Crippen LogP contribution in [0.2, 0.25) is 0 Å². The highest BCUT2D eigenvalue weighted by molar-refractivity contribution is 5.91. The van der Waals surface area contributed by atoms with E-state index in [4.69, 9.17) is 10.5 Å². The summed E-state index contributed by atoms with van der Waals surface area (Å²) in [5.74, 6) is 0. The summed E-state index contributed by atoms with van der Waals surface area (Å²) in [5, 5.41) is 1.26. The fraction of sp³-hybridized carbons (Fsp3) is 0.286. The zero-order valence-electron chi connectivity index (χ0n) is 10.5. The number of nitrogens with zero attached hydrogens (tertiary/aromatic N) is 1. The van der Waals surface area contributed by atoms with Crippen molar-refractivity contribution in [2.75, 3.05) is 13.7 Å². The van der Waals surface area contributed by atoms with Gasteiger partial charge in [0, 0.05) is 42.9 Å². The summed E-state index contributed by atoms with van der Waals surface area (Å²) in [5.41, 5.74) is 10.6. The number of aromatic nitrogens is 1. The maximum atomic E-state index is 5.77. The Bertz CT molecular complexity index is 616. The molecule has 2 N–H and O–H groups in total. The van der Waals surface area contributed by atoms with Crippen LogP contribution >= 0.6 is 12.4 Å². The topological polar surface area (TPSA) is 40.2 Å². The van der Waals surface area contributed by atoms with Gasteiger partial charge in [0.2, 0.25) is 0 Å². The van der Waals surface area contributed by atoms with Crippen molar-refractivity contribution in [3.05, 3.63) is 41.1 Å². The van der Waals surface area contributed by atoms with Gasteiger partial charge >= 0.3 is 0 Å². The van der Waals surface area contributed by atoms with Crippen LogP contribution in [-0.2, 0) is 11.8 Å². The lowest BCUT2D eigenvalue weighted by atomic mass is 10.1. The largest absolute Gasteiger partial charge is 0.372 e. The van der Waals surface area contributed by atoms with E-state index in [9.17, 15) is 0 Å². The van der Waals surface area contributed by atoms with E-state index in [1.165, 1.54) is 22.2 Å². The standard InChI is InChI=1S/C14H16N2O.ClH/c1-16-11-6-4-3-5-10(11)13-12(16)7-9(8-15)14(13)17-2;/h3-7,14H,8,15H2,1-2H3;1H. The van der Waals surface area contributed by atoms with Gasteiger partial charge in [0.25, 0.3) is 0 Å². The lowest BCUT2D eigenvalue weighted by Gasteiger charge is -2.13. The number of fused-ring (bicyclic) bond motifs is 3. The van der Waals surface area contributed by atoms with E-state index >= 15 is 0 Å². The minimum Gasteiger partial charge on any atom is -0.372 e. The third kappa shape index (κ3) is 1.59. The molecular formula is C14H17ClN2O. The van der Waals surface area contributed by atoms with Gasteiger partial charge in [0.15, 0.2) is 0 Å². The number of hydrogen-bond donors (Lipinski definition) is 1. The van der Waals surface area contributed by atoms with Crippen molar-refractivity contribution in [1.82, 2.24) is 4.57 Å². The van der Waals surface area contributed by atoms with E-state index in [0.29, 0.717) is 6.54 Å². The Balaban J connectivity index is 0.00000120. The molecule has 96 valence electrons. The second-order valence-electron chi connectivity index (χ2n) is 4.41. The Morgan fingerprint density at radius 2 is 2.06 bits per heavy atom. The second kappa shape index (κ2) is 4.76. The number of hydrogen-bond acceptors (Lipinski definition) is 2. The SMILES string of the molecule is COC1C(CN)=Cc2c1c1ccccc1n2C.Cl. The van der Waals surface area contributed by atoms with E-state index < -0.39 is 0 Å². The molecule has 0 bridgehead atoms. The number of benzene rings is 1. The van der Waals surface area contributed by atoms with Gasteiger partial charge in [-0.1, -0.05) is 18.2 Å². The highest BCUT2D eigenvalue weighted by Gasteiger charge is 2.29. The molecule has 1 heterocycles. The number of nitrogens with two attached hydrogens (primary N) is 1. The Morgan fingerprint density at radius 1 is 1.33 bits per heavy atom. The van der Waals surface area contributed by atoms with E-state index in [-0.39, 0.29) is 18.5 Å². The van der Waals surface area contributed by atoms with Gasteiger partial charge in [0.05, 0.1) is 0 Å². The molecule has 1 atom stereocenters. The highest BCUT2D eigenvalue weighted by atomic mass is 35.5. The molecule has 1 unspecified atom stereocenters. The van der Waals surface area contributed by atoms with Gasteiger partial charge in [-0.2, -0.15) is 0 Å². The normalized spacial score (nSPS) is 17.5. The average Bonchev–Trinajstić information content (AvgIpc) is 2.87. The minimum atomic E-state index is 0. The molecule has 0 aliphatic heterocycles. The first kappa shape index (κ1) is 13.1. The Labute approximate surface area is 113 Å². The van der Waals surface area contributed by atoms with E-state index in [0.717, 1.165) is 5.57 Å². The molecular weight excluding hydrogens is 248 g/mol. The molecule has 1 aromatic heterocycles. The van der Waals surface area contributed by atoms with E-state index in [1.807, 2.05) is 0 Å². The Hall–Kier alpha value is -1.29. The zero-order valence-corrected chi connectivity index (χ0v) is 11.3. The molecule has 0 amide bonds. The Kier molecular flexibility index (Phi) is 3.48. The number of aryl methyl sites for hydroxylation is 1. The lowest BCUT2D eigenvalue weighted by Crippen LogP contribution is -2.10. The van der Waals surface area contributed by atoms with Crippen molar-refractivity contribution in [3.63, 3.8) is 0 Å². The van der Waals surface area contributed by atoms with Crippen LogP contribution in [0, 0.1) is 0 Å². The third-order valence-electron chi connectivity index (χ3n) is 3.59. The van der Waals surface area contributed by atoms with Crippen molar-refractivity contribution in [1.29, 1.82) is 0 Å². The molecule has 3 nitrogen and oxygen atoms in total. The first-order valence-corrected chi connectivity index (χ1v) is 5.78. The van der Waals surface area contributed by atoms with Crippen molar-refractivity contribution in [2.45, 2.75) is 6.10 Å². The van der Waals surface area contributed by atoms with Crippen LogP contribution in [0.4, 0.5) is 0 Å². The van der Waals surface area contributed by atoms with Crippen LogP contribution < -0.4 is 5.73 Å². The molecule has 1 aromatic carbocycles. The van der Waals surface area contributed by atoms with Crippen molar-refractivity contribution in [3.8, 4) is 0 Å². The molecule has 3 rings (SSSR count). The molecule has 4 heteroatoms. The van der Waals surface area contributed by atoms with Gasteiger partial charge in [-0.3, -0.25) is 0 Å². The fourth-order valence-electron chi connectivity index (χ4n) is 2.76. The van der Waals surface area contributed by atoms with E-state index in [1.54, 1.807) is 7.11 Å². The van der Waals surface area contributed by atoms with Crippen LogP contribution in [0.5, 0.6) is 0 Å². The fourth-order valence-corrected chi connectivity index (χ4v) is 2.76. The number of methoxy groups -OCH3 is 1. The molecule has 0 radical (unpaired) electrons. The second-order valence-corrected chi connectivity index (χ2v) is 4.41. The van der Waals surface area contributed by atoms with Crippen LogP contribution in [0.1, 0.15) is 17.4 Å². The maximum Gasteiger partial charge on any atom is 0.107 e. The molecule has 18 heavy (non-hydrogen) atoms. The van der Waals surface area contributed by atoms with Gasteiger partial charge in [-0.25, -0.2) is 0 Å². The van der Waals surface area contributed by atoms with Crippen LogP contribution in [0.3, 0.4) is 0 Å². The van der Waals surface area contributed by atoms with Crippen molar-refractivity contribution >= 4 is 29.4 Å². The predicted octanol–water partition coefficient (Wildman–Crippen LogP) is 2.64. The molecule has 1 aliphatic carbocycles. The van der Waals surface area contributed by atoms with Crippen molar-refractivity contribution < 1.29 is 4.74 Å². The average molecular weight is 265 g/mol. The molecule has 0 spiro atoms. The zero-order chi connectivity index (χ0) is 12.0. The minimum absolute atomic E-state index is 0. The number of rotatable bonds is 2. The summed E-state index contributed by atoms with van der Waals surface area (Å²) in [6.07, 6.45) is 2.17. The maximum absolute atomic E-state index is 5.77. The summed E-state index contributed by atoms with van der Waals surface area (Å²) >= 11 is 0. The van der Waals surface area contributed by atoms with Gasteiger partial charge in [-0.05, 0) is 17.7 Å². The quantitative estimate of drug-likeness (QED) is 0.906. The number of ether oxygens (including phenoxy) is 1. The first-order chi connectivity index (χ1) is 8.27. The summed E-state index contributed by atoms with van der Waals surface area (Å²) in [7, 11) is 3.83. The first-order valence-electron chi connectivity index (χ1n) is 5.78. The summed E-state index contributed by atoms with van der Waals surface area (Å²) in [4.78, 5) is 0. The predicted molar refractivity (Wildman–Crippen MR) is 76.9 cm³/mol. The number of halogens is 1. The van der Waals surface area contributed by atoms with Gasteiger partial charge < -0.3 is 15.0 Å². The van der Waals surface area contributed by atoms with Gasteiger partial charge in [-0.15, -0.1) is 12.4 Å². The molecule has 2 aromatic rings. The lowest BCUT2D eigenvalue weighted by molar-refractivity contribution is 0.136. The summed E-state index contributed by atoms with van der Waals surface area (Å²) in [6.45, 7) is 0.543. The number of para-hydroxylation sites is 1. The monoisotopic (exact) mass is 264 g/mol. The molecule has 0 fully saturated rings. The summed E-state index contributed by atoms with van der Waals surface area (Å²) < 4.78 is 7.81. The molecule has 0 saturated heterocycles. The van der Waals surface area contributed by atoms with E-state index in [2.05, 4.69) is 42.0 Å². The van der Waals surface area contributed by atoms with Crippen LogP contribution in [0.15, 0.2) is 29.8 Å². The van der Waals surface area contributed by atoms with Crippen LogP contribution in [-0.4, -0.2) is 18.2 Å². The van der Waals surface area contributed by atoms with Gasteiger partial charge in [0.1, 0.15) is 6.10 Å². The molecule has 0 saturated carbocycles. The van der Waals surface area contributed by atoms with Crippen LogP contribution in [0.25, 0.3) is 17.0 Å². The molecule has 1 aliphatic rings. The third-order valence-corrected chi connectivity index (χ3v) is 3.59. The smallest absolute Gasteiger partial charge is 0.107 e. The Morgan fingerprint density at radius 3 is 2.72 bits per heavy atom.